The zero-order valence-corrected chi connectivity index (χ0v) is 10.9. The highest BCUT2D eigenvalue weighted by Crippen LogP contribution is 2.48. The normalized spacial score (nSPS) is 26.2. The Labute approximate surface area is 107 Å². The first-order valence-corrected chi connectivity index (χ1v) is 6.66. The maximum atomic E-state index is 5.48. The predicted molar refractivity (Wildman–Crippen MR) is 67.3 cm³/mol. The molecule has 5 heteroatoms. The van der Waals surface area contributed by atoms with E-state index in [1.807, 2.05) is 10.9 Å². The van der Waals surface area contributed by atoms with Gasteiger partial charge in [-0.25, -0.2) is 0 Å². The minimum atomic E-state index is 0.410. The van der Waals surface area contributed by atoms with Gasteiger partial charge >= 0.3 is 0 Å². The highest BCUT2D eigenvalue weighted by Gasteiger charge is 2.48. The molecule has 0 saturated carbocycles. The molecule has 0 amide bonds. The zero-order chi connectivity index (χ0) is 12.4. The summed E-state index contributed by atoms with van der Waals surface area (Å²) in [4.78, 5) is 0. The molecule has 0 aromatic carbocycles. The van der Waals surface area contributed by atoms with E-state index in [1.54, 1.807) is 7.11 Å². The van der Waals surface area contributed by atoms with E-state index in [-0.39, 0.29) is 0 Å². The van der Waals surface area contributed by atoms with E-state index in [2.05, 4.69) is 16.6 Å². The van der Waals surface area contributed by atoms with Crippen molar-refractivity contribution in [1.29, 1.82) is 0 Å². The number of rotatable bonds is 4. The summed E-state index contributed by atoms with van der Waals surface area (Å²) in [6.07, 6.45) is 6.46. The molecule has 2 saturated heterocycles. The molecule has 1 spiro atoms. The summed E-state index contributed by atoms with van der Waals surface area (Å²) >= 11 is 0. The fourth-order valence-electron chi connectivity index (χ4n) is 3.04. The molecule has 1 N–H and O–H groups in total. The van der Waals surface area contributed by atoms with Crippen LogP contribution >= 0.6 is 0 Å². The van der Waals surface area contributed by atoms with Crippen molar-refractivity contribution < 1.29 is 9.47 Å². The largest absolute Gasteiger partial charge is 0.383 e. The monoisotopic (exact) mass is 251 g/mol. The number of nitrogens with one attached hydrogen (secondary N) is 1. The van der Waals surface area contributed by atoms with Gasteiger partial charge in [0.1, 0.15) is 0 Å². The van der Waals surface area contributed by atoms with E-state index >= 15 is 0 Å². The molecule has 0 bridgehead atoms. The maximum absolute atomic E-state index is 5.48. The molecule has 2 fully saturated rings. The Bertz CT molecular complexity index is 399. The average molecular weight is 251 g/mol. The Balaban J connectivity index is 1.68. The molecule has 1 unspecified atom stereocenters. The predicted octanol–water partition coefficient (Wildman–Crippen LogP) is 0.971. The zero-order valence-electron chi connectivity index (χ0n) is 10.9. The van der Waals surface area contributed by atoms with Gasteiger partial charge in [-0.3, -0.25) is 4.68 Å². The molecule has 1 aromatic heterocycles. The Morgan fingerprint density at radius 3 is 3.06 bits per heavy atom. The second-order valence-corrected chi connectivity index (χ2v) is 5.32. The molecule has 0 radical (unpaired) electrons. The van der Waals surface area contributed by atoms with Crippen LogP contribution in [0.3, 0.4) is 0 Å². The summed E-state index contributed by atoms with van der Waals surface area (Å²) < 4.78 is 12.5. The van der Waals surface area contributed by atoms with Crippen molar-refractivity contribution in [3.8, 4) is 0 Å². The van der Waals surface area contributed by atoms with Crippen molar-refractivity contribution in [3.63, 3.8) is 0 Å². The van der Waals surface area contributed by atoms with Gasteiger partial charge in [-0.2, -0.15) is 5.10 Å². The van der Waals surface area contributed by atoms with Crippen LogP contribution in [0.25, 0.3) is 0 Å². The van der Waals surface area contributed by atoms with Crippen molar-refractivity contribution in [2.45, 2.75) is 25.4 Å². The molecule has 1 atom stereocenters. The van der Waals surface area contributed by atoms with Crippen molar-refractivity contribution in [2.75, 3.05) is 33.5 Å². The van der Waals surface area contributed by atoms with Crippen molar-refractivity contribution >= 4 is 0 Å². The van der Waals surface area contributed by atoms with E-state index in [9.17, 15) is 0 Å². The van der Waals surface area contributed by atoms with E-state index in [4.69, 9.17) is 9.47 Å². The van der Waals surface area contributed by atoms with Crippen LogP contribution in [0.2, 0.25) is 0 Å². The molecular formula is C13H21N3O2. The van der Waals surface area contributed by atoms with Crippen LogP contribution < -0.4 is 5.32 Å². The fourth-order valence-corrected chi connectivity index (χ4v) is 3.04. The van der Waals surface area contributed by atoms with Crippen LogP contribution in [-0.2, 0) is 16.0 Å². The lowest BCUT2D eigenvalue weighted by Crippen LogP contribution is -2.58. The smallest absolute Gasteiger partial charge is 0.0658 e. The summed E-state index contributed by atoms with van der Waals surface area (Å²) in [5.41, 5.74) is 1.71. The molecule has 2 aliphatic heterocycles. The minimum absolute atomic E-state index is 0.410. The second kappa shape index (κ2) is 4.99. The minimum Gasteiger partial charge on any atom is -0.383 e. The molecule has 3 rings (SSSR count). The summed E-state index contributed by atoms with van der Waals surface area (Å²) in [5, 5.41) is 7.95. The number of methoxy groups -OCH3 is 1. The van der Waals surface area contributed by atoms with Gasteiger partial charge in [-0.15, -0.1) is 0 Å². The summed E-state index contributed by atoms with van der Waals surface area (Å²) in [7, 11) is 1.72. The maximum Gasteiger partial charge on any atom is 0.0658 e. The first-order chi connectivity index (χ1) is 8.84. The van der Waals surface area contributed by atoms with E-state index in [0.29, 0.717) is 18.1 Å². The first kappa shape index (κ1) is 12.1. The van der Waals surface area contributed by atoms with Crippen LogP contribution in [0, 0.1) is 5.41 Å². The van der Waals surface area contributed by atoms with Gasteiger partial charge in [0.2, 0.25) is 0 Å². The van der Waals surface area contributed by atoms with Crippen molar-refractivity contribution in [2.24, 2.45) is 5.41 Å². The van der Waals surface area contributed by atoms with Crippen LogP contribution in [0.15, 0.2) is 12.4 Å². The van der Waals surface area contributed by atoms with E-state index in [0.717, 1.165) is 39.1 Å². The van der Waals surface area contributed by atoms with Crippen molar-refractivity contribution in [1.82, 2.24) is 15.1 Å². The Morgan fingerprint density at radius 2 is 2.39 bits per heavy atom. The lowest BCUT2D eigenvalue weighted by Gasteiger charge is -2.52. The van der Waals surface area contributed by atoms with Gasteiger partial charge in [-0.05, 0) is 12.8 Å². The quantitative estimate of drug-likeness (QED) is 0.866. The lowest BCUT2D eigenvalue weighted by molar-refractivity contribution is -0.0479. The molecule has 18 heavy (non-hydrogen) atoms. The number of hydrogen-bond acceptors (Lipinski definition) is 4. The molecule has 5 nitrogen and oxygen atoms in total. The van der Waals surface area contributed by atoms with Crippen LogP contribution in [0.5, 0.6) is 0 Å². The molecular weight excluding hydrogens is 230 g/mol. The Kier molecular flexibility index (Phi) is 3.37. The van der Waals surface area contributed by atoms with Gasteiger partial charge in [0, 0.05) is 50.1 Å². The van der Waals surface area contributed by atoms with Crippen LogP contribution in [-0.4, -0.2) is 43.3 Å². The molecule has 2 aliphatic rings. The van der Waals surface area contributed by atoms with Crippen LogP contribution in [0.4, 0.5) is 0 Å². The van der Waals surface area contributed by atoms with Gasteiger partial charge in [0.25, 0.3) is 0 Å². The standard InChI is InChI=1S/C13H21N3O2/c1-17-7-4-16-9-11(8-15-16)12-13(10-14-12)2-5-18-6-3-13/h8-9,12,14H,2-7,10H2,1H3. The number of aromatic nitrogens is 2. The third-order valence-electron chi connectivity index (χ3n) is 4.27. The lowest BCUT2D eigenvalue weighted by atomic mass is 9.66. The van der Waals surface area contributed by atoms with E-state index < -0.39 is 0 Å². The molecule has 1 aromatic rings. The number of nitrogens with zero attached hydrogens (tertiary/aromatic N) is 2. The first-order valence-electron chi connectivity index (χ1n) is 6.66. The van der Waals surface area contributed by atoms with Crippen molar-refractivity contribution in [3.05, 3.63) is 18.0 Å². The van der Waals surface area contributed by atoms with Crippen LogP contribution in [0.1, 0.15) is 24.4 Å². The number of ether oxygens (including phenoxy) is 2. The van der Waals surface area contributed by atoms with Gasteiger partial charge in [-0.1, -0.05) is 0 Å². The van der Waals surface area contributed by atoms with E-state index in [1.165, 1.54) is 5.56 Å². The number of hydrogen-bond donors (Lipinski definition) is 1. The second-order valence-electron chi connectivity index (χ2n) is 5.32. The topological polar surface area (TPSA) is 48.3 Å². The molecule has 0 aliphatic carbocycles. The van der Waals surface area contributed by atoms with Gasteiger partial charge in [0.05, 0.1) is 19.3 Å². The Morgan fingerprint density at radius 1 is 1.56 bits per heavy atom. The highest BCUT2D eigenvalue weighted by molar-refractivity contribution is 5.20. The average Bonchev–Trinajstić information content (AvgIpc) is 2.84. The molecule has 100 valence electrons. The SMILES string of the molecule is COCCn1cc(C2NCC23CCOCC3)cn1. The van der Waals surface area contributed by atoms with Gasteiger partial charge < -0.3 is 14.8 Å². The third kappa shape index (κ3) is 2.06. The summed E-state index contributed by atoms with van der Waals surface area (Å²) in [6, 6.07) is 0.456. The summed E-state index contributed by atoms with van der Waals surface area (Å²) in [6.45, 7) is 4.44. The fraction of sp³-hybridized carbons (Fsp3) is 0.769. The Hall–Kier alpha value is -0.910. The summed E-state index contributed by atoms with van der Waals surface area (Å²) in [5.74, 6) is 0. The molecule has 3 heterocycles. The highest BCUT2D eigenvalue weighted by atomic mass is 16.5. The third-order valence-corrected chi connectivity index (χ3v) is 4.27. The van der Waals surface area contributed by atoms with Gasteiger partial charge in [0.15, 0.2) is 0 Å².